The van der Waals surface area contributed by atoms with Crippen molar-refractivity contribution in [2.75, 3.05) is 27.2 Å². The van der Waals surface area contributed by atoms with Crippen LogP contribution in [0.3, 0.4) is 0 Å². The summed E-state index contributed by atoms with van der Waals surface area (Å²) >= 11 is 0. The molecule has 0 aromatic carbocycles. The second-order valence-corrected chi connectivity index (χ2v) is 4.28. The maximum atomic E-state index is 10.6. The van der Waals surface area contributed by atoms with E-state index in [1.165, 1.54) is 0 Å². The highest BCUT2D eigenvalue weighted by atomic mass is 19.4. The Morgan fingerprint density at radius 2 is 1.30 bits per heavy atom. The Hall–Kier alpha value is -2.00. The van der Waals surface area contributed by atoms with Crippen LogP contribution in [-0.4, -0.2) is 72.1 Å². The van der Waals surface area contributed by atoms with E-state index < -0.39 is 24.3 Å². The van der Waals surface area contributed by atoms with Crippen molar-refractivity contribution in [1.82, 2.24) is 10.2 Å². The van der Waals surface area contributed by atoms with E-state index in [0.717, 1.165) is 13.1 Å². The van der Waals surface area contributed by atoms with Gasteiger partial charge in [-0.25, -0.2) is 9.59 Å². The summed E-state index contributed by atoms with van der Waals surface area (Å²) in [4.78, 5) is 19.9. The van der Waals surface area contributed by atoms with E-state index in [9.17, 15) is 26.3 Å². The lowest BCUT2D eigenvalue weighted by molar-refractivity contribution is -0.193. The number of rotatable bonds is 1. The molecule has 0 bridgehead atoms. The highest BCUT2D eigenvalue weighted by Crippen LogP contribution is 2.15. The maximum absolute atomic E-state index is 10.6. The van der Waals surface area contributed by atoms with Crippen molar-refractivity contribution in [3.8, 4) is 12.3 Å². The zero-order valence-electron chi connectivity index (χ0n) is 11.9. The molecule has 0 spiro atoms. The zero-order valence-corrected chi connectivity index (χ0v) is 11.9. The first kappa shape index (κ1) is 23.3. The van der Waals surface area contributed by atoms with Crippen LogP contribution in [0.15, 0.2) is 0 Å². The molecule has 1 saturated heterocycles. The van der Waals surface area contributed by atoms with Gasteiger partial charge in [0.1, 0.15) is 5.54 Å². The quantitative estimate of drug-likeness (QED) is 0.478. The monoisotopic (exact) mass is 352 g/mol. The molecule has 0 unspecified atom stereocenters. The number of terminal acetylenes is 1. The van der Waals surface area contributed by atoms with Crippen LogP contribution in [-0.2, 0) is 9.59 Å². The molecule has 134 valence electrons. The fourth-order valence-electron chi connectivity index (χ4n) is 0.909. The van der Waals surface area contributed by atoms with Crippen molar-refractivity contribution in [2.24, 2.45) is 0 Å². The third-order valence-corrected chi connectivity index (χ3v) is 2.44. The number of carboxylic acid groups (broad SMARTS) is 2. The standard InChI is InChI=1S/C7H12N2.2C2HF3O2/c1-4-7(9(2)3)5-8-6-7;2*3-2(4,5)1(6)7/h1,8H,5-6H2,2-3H3;2*(H,6,7). The topological polar surface area (TPSA) is 89.9 Å². The van der Waals surface area contributed by atoms with E-state index in [1.807, 2.05) is 14.1 Å². The predicted molar refractivity (Wildman–Crippen MR) is 65.5 cm³/mol. The van der Waals surface area contributed by atoms with Gasteiger partial charge in [-0.3, -0.25) is 4.90 Å². The van der Waals surface area contributed by atoms with Gasteiger partial charge in [0.2, 0.25) is 0 Å². The average Bonchev–Trinajstić information content (AvgIpc) is 2.26. The van der Waals surface area contributed by atoms with Crippen LogP contribution in [0.25, 0.3) is 0 Å². The number of nitrogens with one attached hydrogen (secondary N) is 1. The molecular weight excluding hydrogens is 338 g/mol. The summed E-state index contributed by atoms with van der Waals surface area (Å²) in [7, 11) is 4.03. The number of hydrogen-bond acceptors (Lipinski definition) is 4. The van der Waals surface area contributed by atoms with Gasteiger partial charge in [-0.1, -0.05) is 5.92 Å². The normalized spacial score (nSPS) is 15.8. The maximum Gasteiger partial charge on any atom is 0.490 e. The van der Waals surface area contributed by atoms with E-state index in [4.69, 9.17) is 26.2 Å². The van der Waals surface area contributed by atoms with E-state index in [2.05, 4.69) is 16.1 Å². The number of nitrogens with zero attached hydrogens (tertiary/aromatic N) is 1. The largest absolute Gasteiger partial charge is 0.490 e. The lowest BCUT2D eigenvalue weighted by Crippen LogP contribution is -2.66. The van der Waals surface area contributed by atoms with Crippen molar-refractivity contribution in [3.63, 3.8) is 0 Å². The van der Waals surface area contributed by atoms with Crippen molar-refractivity contribution in [3.05, 3.63) is 0 Å². The van der Waals surface area contributed by atoms with Gasteiger partial charge in [0.15, 0.2) is 0 Å². The number of alkyl halides is 6. The smallest absolute Gasteiger partial charge is 0.475 e. The lowest BCUT2D eigenvalue weighted by Gasteiger charge is -2.43. The van der Waals surface area contributed by atoms with E-state index in [-0.39, 0.29) is 5.54 Å². The molecule has 0 saturated carbocycles. The first-order chi connectivity index (χ1) is 10.1. The molecule has 0 aromatic heterocycles. The van der Waals surface area contributed by atoms with Crippen LogP contribution in [0.2, 0.25) is 0 Å². The molecule has 1 fully saturated rings. The Bertz CT molecular complexity index is 425. The molecule has 12 heteroatoms. The molecule has 23 heavy (non-hydrogen) atoms. The van der Waals surface area contributed by atoms with Gasteiger partial charge in [-0.15, -0.1) is 6.42 Å². The Morgan fingerprint density at radius 1 is 1.04 bits per heavy atom. The van der Waals surface area contributed by atoms with Crippen molar-refractivity contribution in [2.45, 2.75) is 17.9 Å². The minimum atomic E-state index is -5.08. The molecule has 6 nitrogen and oxygen atoms in total. The molecule has 1 aliphatic heterocycles. The van der Waals surface area contributed by atoms with E-state index in [1.54, 1.807) is 0 Å². The molecule has 0 aromatic rings. The SMILES string of the molecule is C#CC1(N(C)C)CNC1.O=C(O)C(F)(F)F.O=C(O)C(F)(F)F. The van der Waals surface area contributed by atoms with Crippen LogP contribution in [0.5, 0.6) is 0 Å². The van der Waals surface area contributed by atoms with Crippen molar-refractivity contribution >= 4 is 11.9 Å². The third kappa shape index (κ3) is 8.89. The summed E-state index contributed by atoms with van der Waals surface area (Å²) in [5.41, 5.74) is 0.0139. The van der Waals surface area contributed by atoms with Crippen molar-refractivity contribution < 1.29 is 46.1 Å². The Labute approximate surface area is 127 Å². The highest BCUT2D eigenvalue weighted by Gasteiger charge is 2.39. The van der Waals surface area contributed by atoms with Gasteiger partial charge >= 0.3 is 24.3 Å². The zero-order chi connectivity index (χ0) is 19.1. The van der Waals surface area contributed by atoms with Crippen LogP contribution in [0.1, 0.15) is 0 Å². The van der Waals surface area contributed by atoms with Crippen LogP contribution in [0.4, 0.5) is 26.3 Å². The van der Waals surface area contributed by atoms with Gasteiger partial charge in [-0.2, -0.15) is 26.3 Å². The van der Waals surface area contributed by atoms with E-state index >= 15 is 0 Å². The number of carboxylic acids is 2. The summed E-state index contributed by atoms with van der Waals surface area (Å²) in [6.45, 7) is 1.85. The first-order valence-corrected chi connectivity index (χ1v) is 5.56. The van der Waals surface area contributed by atoms with Crippen LogP contribution in [0, 0.1) is 12.3 Å². The summed E-state index contributed by atoms with van der Waals surface area (Å²) in [6, 6.07) is 0. The Kier molecular flexibility index (Phi) is 8.69. The molecule has 0 amide bonds. The van der Waals surface area contributed by atoms with Crippen LogP contribution >= 0.6 is 0 Å². The molecule has 0 radical (unpaired) electrons. The lowest BCUT2D eigenvalue weighted by atomic mass is 9.92. The fourth-order valence-corrected chi connectivity index (χ4v) is 0.909. The fraction of sp³-hybridized carbons (Fsp3) is 0.636. The van der Waals surface area contributed by atoms with Gasteiger partial charge in [0.05, 0.1) is 0 Å². The minimum absolute atomic E-state index is 0.0139. The summed E-state index contributed by atoms with van der Waals surface area (Å²) in [5, 5.41) is 17.4. The second kappa shape index (κ2) is 8.59. The Morgan fingerprint density at radius 3 is 1.30 bits per heavy atom. The average molecular weight is 352 g/mol. The van der Waals surface area contributed by atoms with Crippen LogP contribution < -0.4 is 5.32 Å². The predicted octanol–water partition coefficient (Wildman–Crippen LogP) is 0.790. The molecule has 3 N–H and O–H groups in total. The second-order valence-electron chi connectivity index (χ2n) is 4.28. The number of halogens is 6. The van der Waals surface area contributed by atoms with Gasteiger partial charge in [0, 0.05) is 13.1 Å². The summed E-state index contributed by atoms with van der Waals surface area (Å²) in [6.07, 6.45) is -4.83. The third-order valence-electron chi connectivity index (χ3n) is 2.44. The first-order valence-electron chi connectivity index (χ1n) is 5.56. The molecule has 0 aliphatic carbocycles. The van der Waals surface area contributed by atoms with E-state index in [0.29, 0.717) is 0 Å². The molecule has 1 heterocycles. The summed E-state index contributed by atoms with van der Waals surface area (Å²) in [5.74, 6) is -2.74. The van der Waals surface area contributed by atoms with Gasteiger partial charge < -0.3 is 15.5 Å². The number of aliphatic carboxylic acids is 2. The van der Waals surface area contributed by atoms with Gasteiger partial charge in [0.25, 0.3) is 0 Å². The van der Waals surface area contributed by atoms with Crippen molar-refractivity contribution in [1.29, 1.82) is 0 Å². The minimum Gasteiger partial charge on any atom is -0.475 e. The van der Waals surface area contributed by atoms with Gasteiger partial charge in [-0.05, 0) is 14.1 Å². The highest BCUT2D eigenvalue weighted by molar-refractivity contribution is 5.73. The Balaban J connectivity index is 0. The summed E-state index contributed by atoms with van der Waals surface area (Å²) < 4.78 is 63.5. The molecule has 1 aliphatic rings. The number of likely N-dealkylation sites (N-methyl/N-ethyl adjacent to an activating group) is 1. The number of hydrogen-bond donors (Lipinski definition) is 3. The molecular formula is C11H14F6N2O4. The molecule has 0 atom stereocenters. The number of carbonyl (C=O) groups is 2. The molecule has 1 rings (SSSR count).